The van der Waals surface area contributed by atoms with Crippen LogP contribution in [-0.4, -0.2) is 44.6 Å². The van der Waals surface area contributed by atoms with Crippen molar-refractivity contribution in [3.05, 3.63) is 41.7 Å². The summed E-state index contributed by atoms with van der Waals surface area (Å²) in [4.78, 5) is 26.2. The van der Waals surface area contributed by atoms with Crippen LogP contribution in [0.25, 0.3) is 21.3 Å². The predicted octanol–water partition coefficient (Wildman–Crippen LogP) is 2.64. The van der Waals surface area contributed by atoms with Gasteiger partial charge in [0.1, 0.15) is 5.52 Å². The first kappa shape index (κ1) is 18.6. The van der Waals surface area contributed by atoms with E-state index in [9.17, 15) is 4.79 Å². The van der Waals surface area contributed by atoms with Gasteiger partial charge in [0.2, 0.25) is 5.95 Å². The molecule has 144 valence electrons. The molecule has 0 radical (unpaired) electrons. The number of benzene rings is 1. The van der Waals surface area contributed by atoms with Crippen LogP contribution in [0.2, 0.25) is 0 Å². The van der Waals surface area contributed by atoms with Gasteiger partial charge < -0.3 is 20.5 Å². The van der Waals surface area contributed by atoms with E-state index in [1.165, 1.54) is 11.3 Å². The summed E-state index contributed by atoms with van der Waals surface area (Å²) in [7, 11) is 1.93. The van der Waals surface area contributed by atoms with E-state index >= 15 is 0 Å². The van der Waals surface area contributed by atoms with Crippen molar-refractivity contribution in [3.63, 3.8) is 0 Å². The van der Waals surface area contributed by atoms with Crippen LogP contribution >= 0.6 is 23.7 Å². The monoisotopic (exact) mass is 415 g/mol. The summed E-state index contributed by atoms with van der Waals surface area (Å²) in [5.74, 6) is 0.350. The van der Waals surface area contributed by atoms with Crippen molar-refractivity contribution >= 4 is 62.5 Å². The first-order chi connectivity index (χ1) is 13.2. The first-order valence-electron chi connectivity index (χ1n) is 8.62. The van der Waals surface area contributed by atoms with Crippen LogP contribution in [0.5, 0.6) is 0 Å². The molecule has 1 aliphatic rings. The molecule has 1 amide bonds. The highest BCUT2D eigenvalue weighted by Gasteiger charge is 2.20. The third-order valence-electron chi connectivity index (χ3n) is 4.68. The zero-order chi connectivity index (χ0) is 18.4. The lowest BCUT2D eigenvalue weighted by molar-refractivity contribution is 0.102. The molecule has 4 heterocycles. The second kappa shape index (κ2) is 7.34. The maximum absolute atomic E-state index is 12.9. The van der Waals surface area contributed by atoms with E-state index in [-0.39, 0.29) is 18.3 Å². The molecule has 0 spiro atoms. The highest BCUT2D eigenvalue weighted by molar-refractivity contribution is 7.17. The second-order valence-corrected chi connectivity index (χ2v) is 7.45. The number of carbonyl (C=O) groups is 1. The third-order valence-corrected chi connectivity index (χ3v) is 5.58. The van der Waals surface area contributed by atoms with Crippen LogP contribution in [0.3, 0.4) is 0 Å². The van der Waals surface area contributed by atoms with Gasteiger partial charge in [0, 0.05) is 25.5 Å². The summed E-state index contributed by atoms with van der Waals surface area (Å²) in [6.45, 7) is 1.79. The topological polar surface area (TPSA) is 96.8 Å². The summed E-state index contributed by atoms with van der Waals surface area (Å²) >= 11 is 1.46. The fourth-order valence-corrected chi connectivity index (χ4v) is 3.93. The molecule has 0 bridgehead atoms. The summed E-state index contributed by atoms with van der Waals surface area (Å²) in [6, 6.07) is 6.06. The van der Waals surface area contributed by atoms with Crippen molar-refractivity contribution in [1.82, 2.24) is 24.8 Å². The number of aryl methyl sites for hydroxylation is 1. The van der Waals surface area contributed by atoms with Gasteiger partial charge in [-0.15, -0.1) is 23.7 Å². The molecule has 0 atom stereocenters. The summed E-state index contributed by atoms with van der Waals surface area (Å²) in [5, 5.41) is 11.3. The van der Waals surface area contributed by atoms with Crippen LogP contribution in [0.4, 0.5) is 11.6 Å². The Balaban J connectivity index is 0.00000192. The average molecular weight is 416 g/mol. The molecule has 1 aromatic carbocycles. The van der Waals surface area contributed by atoms with E-state index in [2.05, 4.69) is 30.9 Å². The number of nitrogens with one attached hydrogen (secondary N) is 3. The van der Waals surface area contributed by atoms with Gasteiger partial charge in [0.05, 0.1) is 45.6 Å². The number of imidazole rings is 1. The van der Waals surface area contributed by atoms with Gasteiger partial charge >= 0.3 is 0 Å². The normalized spacial score (nSPS) is 13.9. The van der Waals surface area contributed by atoms with Crippen molar-refractivity contribution in [1.29, 1.82) is 0 Å². The number of amides is 1. The predicted molar refractivity (Wildman–Crippen MR) is 114 cm³/mol. The van der Waals surface area contributed by atoms with Gasteiger partial charge in [-0.1, -0.05) is 6.07 Å². The molecule has 3 aromatic heterocycles. The number of nitrogens with zero attached hydrogens (tertiary/aromatic N) is 4. The van der Waals surface area contributed by atoms with E-state index < -0.39 is 0 Å². The number of thiophene rings is 1. The van der Waals surface area contributed by atoms with Gasteiger partial charge in [-0.25, -0.2) is 15.0 Å². The van der Waals surface area contributed by atoms with Crippen molar-refractivity contribution in [2.24, 2.45) is 7.05 Å². The lowest BCUT2D eigenvalue weighted by Gasteiger charge is -2.27. The molecule has 4 aromatic rings. The minimum Gasteiger partial charge on any atom is -0.349 e. The zero-order valence-corrected chi connectivity index (χ0v) is 16.6. The van der Waals surface area contributed by atoms with E-state index in [1.54, 1.807) is 12.5 Å². The summed E-state index contributed by atoms with van der Waals surface area (Å²) in [5.41, 5.74) is 3.62. The fraction of sp³-hybridized carbons (Fsp3) is 0.222. The molecule has 0 aliphatic carbocycles. The Bertz CT molecular complexity index is 1170. The molecule has 10 heteroatoms. The number of rotatable bonds is 4. The van der Waals surface area contributed by atoms with Crippen LogP contribution < -0.4 is 16.0 Å². The van der Waals surface area contributed by atoms with E-state index in [4.69, 9.17) is 0 Å². The van der Waals surface area contributed by atoms with E-state index in [1.807, 2.05) is 35.2 Å². The van der Waals surface area contributed by atoms with Crippen molar-refractivity contribution in [3.8, 4) is 0 Å². The highest BCUT2D eigenvalue weighted by Crippen LogP contribution is 2.27. The Hall–Kier alpha value is -2.75. The number of fused-ring (bicyclic) bond motifs is 2. The number of hydrogen-bond acceptors (Lipinski definition) is 7. The molecule has 0 unspecified atom stereocenters. The Morgan fingerprint density at radius 3 is 2.93 bits per heavy atom. The maximum Gasteiger partial charge on any atom is 0.258 e. The van der Waals surface area contributed by atoms with Crippen LogP contribution in [0.15, 0.2) is 36.1 Å². The molecule has 8 nitrogen and oxygen atoms in total. The second-order valence-electron chi connectivity index (χ2n) is 6.54. The van der Waals surface area contributed by atoms with E-state index in [0.29, 0.717) is 28.8 Å². The third kappa shape index (κ3) is 3.17. The van der Waals surface area contributed by atoms with Crippen LogP contribution in [-0.2, 0) is 7.05 Å². The van der Waals surface area contributed by atoms with Gasteiger partial charge in [0.25, 0.3) is 5.91 Å². The molecule has 1 saturated heterocycles. The number of aromatic nitrogens is 4. The highest BCUT2D eigenvalue weighted by atomic mass is 35.5. The number of anilines is 2. The van der Waals surface area contributed by atoms with E-state index in [0.717, 1.165) is 28.8 Å². The van der Waals surface area contributed by atoms with Gasteiger partial charge in [-0.05, 0) is 12.1 Å². The van der Waals surface area contributed by atoms with Gasteiger partial charge in [-0.2, -0.15) is 0 Å². The SMILES string of the molecule is Cl.Cn1cnc2c(NC(=O)c3csc4cnc(NC5CNC5)nc34)cccc21. The first-order valence-corrected chi connectivity index (χ1v) is 9.50. The molecule has 0 saturated carbocycles. The largest absolute Gasteiger partial charge is 0.349 e. The molecule has 3 N–H and O–H groups in total. The quantitative estimate of drug-likeness (QED) is 0.474. The maximum atomic E-state index is 12.9. The lowest BCUT2D eigenvalue weighted by atomic mass is 10.2. The standard InChI is InChI=1S/C18H17N7OS.ClH/c1-25-9-21-16-12(3-2-4-13(16)25)23-17(26)11-8-27-14-7-20-18(24-15(11)14)22-10-5-19-6-10;/h2-4,7-10,19H,5-6H2,1H3,(H,23,26)(H,20,22,24);1H. The summed E-state index contributed by atoms with van der Waals surface area (Å²) in [6.07, 6.45) is 3.50. The Labute approximate surface area is 170 Å². The number of hydrogen-bond donors (Lipinski definition) is 3. The van der Waals surface area contributed by atoms with Crippen LogP contribution in [0, 0.1) is 0 Å². The van der Waals surface area contributed by atoms with Crippen molar-refractivity contribution in [2.75, 3.05) is 23.7 Å². The molecular weight excluding hydrogens is 398 g/mol. The molecule has 1 fully saturated rings. The smallest absolute Gasteiger partial charge is 0.258 e. The number of carbonyl (C=O) groups excluding carboxylic acids is 1. The Morgan fingerprint density at radius 2 is 2.14 bits per heavy atom. The number of para-hydroxylation sites is 1. The Morgan fingerprint density at radius 1 is 1.29 bits per heavy atom. The molecule has 5 rings (SSSR count). The van der Waals surface area contributed by atoms with Crippen molar-refractivity contribution in [2.45, 2.75) is 6.04 Å². The molecule has 1 aliphatic heterocycles. The molecule has 28 heavy (non-hydrogen) atoms. The van der Waals surface area contributed by atoms with Crippen molar-refractivity contribution < 1.29 is 4.79 Å². The Kier molecular flexibility index (Phi) is 4.88. The zero-order valence-electron chi connectivity index (χ0n) is 15.0. The van der Waals surface area contributed by atoms with Gasteiger partial charge in [-0.3, -0.25) is 4.79 Å². The molecular formula is C18H18ClN7OS. The van der Waals surface area contributed by atoms with Crippen LogP contribution in [0.1, 0.15) is 10.4 Å². The number of halogens is 1. The minimum absolute atomic E-state index is 0. The minimum atomic E-state index is -0.200. The average Bonchev–Trinajstić information content (AvgIpc) is 3.22. The fourth-order valence-electron chi connectivity index (χ4n) is 3.08. The lowest BCUT2D eigenvalue weighted by Crippen LogP contribution is -2.51. The summed E-state index contributed by atoms with van der Waals surface area (Å²) < 4.78 is 2.80. The van der Waals surface area contributed by atoms with Gasteiger partial charge in [0.15, 0.2) is 0 Å².